The molecule has 1 aliphatic rings. The Hall–Kier alpha value is -0.640. The van der Waals surface area contributed by atoms with Crippen molar-refractivity contribution in [2.75, 3.05) is 0 Å². The molecule has 0 spiro atoms. The summed E-state index contributed by atoms with van der Waals surface area (Å²) in [5, 5.41) is 4.27. The van der Waals surface area contributed by atoms with Gasteiger partial charge in [-0.2, -0.15) is 11.3 Å². The highest BCUT2D eigenvalue weighted by Gasteiger charge is 2.43. The zero-order chi connectivity index (χ0) is 11.8. The predicted molar refractivity (Wildman–Crippen MR) is 76.2 cm³/mol. The molecule has 3 atom stereocenters. The highest BCUT2D eigenvalue weighted by Crippen LogP contribution is 2.54. The molecular weight excluding hydrogens is 294 g/mol. The Bertz CT molecular complexity index is 508. The van der Waals surface area contributed by atoms with Gasteiger partial charge in [-0.25, -0.2) is 0 Å². The van der Waals surface area contributed by atoms with Gasteiger partial charge in [0, 0.05) is 15.9 Å². The van der Waals surface area contributed by atoms with Crippen molar-refractivity contribution in [3.05, 3.63) is 56.7 Å². The zero-order valence-corrected chi connectivity index (χ0v) is 11.7. The number of halogens is 1. The number of nitrogens with two attached hydrogens (primary N) is 1. The molecule has 0 amide bonds. The van der Waals surface area contributed by atoms with Crippen LogP contribution in [0.4, 0.5) is 0 Å². The minimum atomic E-state index is 0.167. The van der Waals surface area contributed by atoms with Gasteiger partial charge in [0.15, 0.2) is 0 Å². The van der Waals surface area contributed by atoms with Crippen LogP contribution in [0.15, 0.2) is 45.6 Å². The van der Waals surface area contributed by atoms with Crippen LogP contribution in [-0.4, -0.2) is 0 Å². The van der Waals surface area contributed by atoms with Crippen molar-refractivity contribution in [1.29, 1.82) is 0 Å². The van der Waals surface area contributed by atoms with Gasteiger partial charge < -0.3 is 5.73 Å². The van der Waals surface area contributed by atoms with Gasteiger partial charge in [0.25, 0.3) is 0 Å². The van der Waals surface area contributed by atoms with Crippen LogP contribution in [-0.2, 0) is 0 Å². The lowest BCUT2D eigenvalue weighted by atomic mass is 10.0. The summed E-state index contributed by atoms with van der Waals surface area (Å²) in [6, 6.07) is 10.9. The first-order valence-electron chi connectivity index (χ1n) is 5.79. The Labute approximate surface area is 114 Å². The summed E-state index contributed by atoms with van der Waals surface area (Å²) in [5.74, 6) is 1.25. The second-order valence-electron chi connectivity index (χ2n) is 4.62. The number of rotatable bonds is 3. The van der Waals surface area contributed by atoms with E-state index in [0.29, 0.717) is 11.8 Å². The summed E-state index contributed by atoms with van der Waals surface area (Å²) in [5.41, 5.74) is 9.04. The smallest absolute Gasteiger partial charge is 0.0349 e. The number of hydrogen-bond acceptors (Lipinski definition) is 2. The summed E-state index contributed by atoms with van der Waals surface area (Å²) in [6.45, 7) is 0. The van der Waals surface area contributed by atoms with Crippen molar-refractivity contribution < 1.29 is 0 Å². The molecule has 1 aromatic heterocycles. The molecule has 1 saturated carbocycles. The van der Waals surface area contributed by atoms with Crippen LogP contribution in [0.5, 0.6) is 0 Å². The summed E-state index contributed by atoms with van der Waals surface area (Å²) < 4.78 is 1.16. The van der Waals surface area contributed by atoms with Crippen molar-refractivity contribution in [3.8, 4) is 0 Å². The quantitative estimate of drug-likeness (QED) is 0.898. The molecule has 1 heterocycles. The van der Waals surface area contributed by atoms with E-state index in [1.807, 2.05) is 0 Å². The van der Waals surface area contributed by atoms with E-state index in [0.717, 1.165) is 4.47 Å². The highest BCUT2D eigenvalue weighted by atomic mass is 79.9. The van der Waals surface area contributed by atoms with E-state index in [-0.39, 0.29) is 6.04 Å². The Morgan fingerprint density at radius 1 is 1.24 bits per heavy atom. The molecular formula is C14H14BrNS. The summed E-state index contributed by atoms with van der Waals surface area (Å²) >= 11 is 5.28. The fourth-order valence-corrected chi connectivity index (χ4v) is 4.06. The second kappa shape index (κ2) is 4.56. The molecule has 1 aromatic carbocycles. The lowest BCUT2D eigenvalue weighted by molar-refractivity contribution is 0.615. The fourth-order valence-electron chi connectivity index (χ4n) is 2.45. The van der Waals surface area contributed by atoms with E-state index in [2.05, 4.69) is 57.0 Å². The van der Waals surface area contributed by atoms with Crippen molar-refractivity contribution in [2.24, 2.45) is 11.7 Å². The average molecular weight is 308 g/mol. The maximum atomic E-state index is 6.35. The van der Waals surface area contributed by atoms with Gasteiger partial charge in [0.1, 0.15) is 0 Å². The monoisotopic (exact) mass is 307 g/mol. The molecule has 2 N–H and O–H groups in total. The van der Waals surface area contributed by atoms with Crippen molar-refractivity contribution in [1.82, 2.24) is 0 Å². The largest absolute Gasteiger partial charge is 0.324 e. The van der Waals surface area contributed by atoms with Crippen LogP contribution in [0.2, 0.25) is 0 Å². The third kappa shape index (κ3) is 2.19. The van der Waals surface area contributed by atoms with Crippen LogP contribution in [0.25, 0.3) is 0 Å². The Morgan fingerprint density at radius 3 is 2.65 bits per heavy atom. The first-order valence-corrected chi connectivity index (χ1v) is 7.53. The van der Waals surface area contributed by atoms with Crippen molar-refractivity contribution in [2.45, 2.75) is 18.4 Å². The topological polar surface area (TPSA) is 26.0 Å². The van der Waals surface area contributed by atoms with Crippen LogP contribution >= 0.6 is 27.3 Å². The molecule has 1 aliphatic carbocycles. The average Bonchev–Trinajstić information content (AvgIpc) is 3.05. The minimum absolute atomic E-state index is 0.167. The van der Waals surface area contributed by atoms with Gasteiger partial charge in [-0.1, -0.05) is 30.3 Å². The highest BCUT2D eigenvalue weighted by molar-refractivity contribution is 9.10. The SMILES string of the molecule is NC(c1cscc1Br)C1CC1c1ccccc1. The van der Waals surface area contributed by atoms with E-state index in [4.69, 9.17) is 5.73 Å². The van der Waals surface area contributed by atoms with Gasteiger partial charge in [-0.15, -0.1) is 0 Å². The first-order chi connectivity index (χ1) is 8.27. The summed E-state index contributed by atoms with van der Waals surface area (Å²) in [4.78, 5) is 0. The van der Waals surface area contributed by atoms with Gasteiger partial charge in [0.05, 0.1) is 0 Å². The molecule has 1 fully saturated rings. The standard InChI is InChI=1S/C14H14BrNS/c15-13-8-17-7-12(13)14(16)11-6-10(11)9-4-2-1-3-5-9/h1-5,7-8,10-11,14H,6,16H2. The van der Waals surface area contributed by atoms with E-state index >= 15 is 0 Å². The van der Waals surface area contributed by atoms with Crippen LogP contribution in [0.1, 0.15) is 29.5 Å². The van der Waals surface area contributed by atoms with E-state index < -0.39 is 0 Å². The Kier molecular flexibility index (Phi) is 3.07. The minimum Gasteiger partial charge on any atom is -0.324 e. The maximum Gasteiger partial charge on any atom is 0.0349 e. The molecule has 3 rings (SSSR count). The van der Waals surface area contributed by atoms with E-state index in [9.17, 15) is 0 Å². The molecule has 2 aromatic rings. The molecule has 17 heavy (non-hydrogen) atoms. The van der Waals surface area contributed by atoms with Crippen LogP contribution < -0.4 is 5.73 Å². The molecule has 88 valence electrons. The lowest BCUT2D eigenvalue weighted by Gasteiger charge is -2.10. The van der Waals surface area contributed by atoms with Gasteiger partial charge in [-0.3, -0.25) is 0 Å². The molecule has 3 unspecified atom stereocenters. The predicted octanol–water partition coefficient (Wildman–Crippen LogP) is 4.31. The summed E-state index contributed by atoms with van der Waals surface area (Å²) in [7, 11) is 0. The van der Waals surface area contributed by atoms with E-state index in [1.165, 1.54) is 17.5 Å². The maximum absolute atomic E-state index is 6.35. The fraction of sp³-hybridized carbons (Fsp3) is 0.286. The van der Waals surface area contributed by atoms with Gasteiger partial charge >= 0.3 is 0 Å². The van der Waals surface area contributed by atoms with Crippen molar-refractivity contribution in [3.63, 3.8) is 0 Å². The second-order valence-corrected chi connectivity index (χ2v) is 6.22. The molecule has 3 heteroatoms. The number of thiophene rings is 1. The number of benzene rings is 1. The molecule has 0 bridgehead atoms. The van der Waals surface area contributed by atoms with E-state index in [1.54, 1.807) is 11.3 Å². The third-order valence-corrected chi connectivity index (χ3v) is 5.28. The third-order valence-electron chi connectivity index (χ3n) is 3.53. The molecule has 0 aliphatic heterocycles. The van der Waals surface area contributed by atoms with Gasteiger partial charge in [-0.05, 0) is 50.7 Å². The molecule has 0 radical (unpaired) electrons. The first kappa shape index (κ1) is 11.5. The van der Waals surface area contributed by atoms with Crippen molar-refractivity contribution >= 4 is 27.3 Å². The molecule has 0 saturated heterocycles. The molecule has 1 nitrogen and oxygen atoms in total. The van der Waals surface area contributed by atoms with Crippen LogP contribution in [0.3, 0.4) is 0 Å². The van der Waals surface area contributed by atoms with Gasteiger partial charge in [0.2, 0.25) is 0 Å². The summed E-state index contributed by atoms with van der Waals surface area (Å²) in [6.07, 6.45) is 1.22. The lowest BCUT2D eigenvalue weighted by Crippen LogP contribution is -2.13. The zero-order valence-electron chi connectivity index (χ0n) is 9.34. The Morgan fingerprint density at radius 2 is 2.00 bits per heavy atom. The van der Waals surface area contributed by atoms with Crippen LogP contribution in [0, 0.1) is 5.92 Å². The normalized spacial score (nSPS) is 24.6. The number of hydrogen-bond donors (Lipinski definition) is 1. The Balaban J connectivity index is 1.75.